The number of hydrogen-bond donors (Lipinski definition) is 1. The Morgan fingerprint density at radius 3 is 2.63 bits per heavy atom. The molecule has 0 spiro atoms. The van der Waals surface area contributed by atoms with E-state index in [4.69, 9.17) is 4.42 Å². The van der Waals surface area contributed by atoms with Gasteiger partial charge in [0.25, 0.3) is 17.7 Å². The summed E-state index contributed by atoms with van der Waals surface area (Å²) >= 11 is 0. The molecule has 1 unspecified atom stereocenters. The van der Waals surface area contributed by atoms with E-state index >= 15 is 0 Å². The Labute approximate surface area is 158 Å². The topological polar surface area (TPSA) is 79.6 Å². The van der Waals surface area contributed by atoms with Crippen LogP contribution in [0.2, 0.25) is 0 Å². The molecule has 1 aliphatic rings. The van der Waals surface area contributed by atoms with Crippen LogP contribution in [0.3, 0.4) is 0 Å². The number of imide groups is 1. The smallest absolute Gasteiger partial charge is 0.261 e. The van der Waals surface area contributed by atoms with Crippen LogP contribution in [0.15, 0.2) is 41.0 Å². The second-order valence-electron chi connectivity index (χ2n) is 6.91. The number of amides is 3. The molecule has 1 N–H and O–H groups in total. The maximum atomic E-state index is 12.6. The summed E-state index contributed by atoms with van der Waals surface area (Å²) in [5.74, 6) is -0.474. The van der Waals surface area contributed by atoms with Gasteiger partial charge in [0.1, 0.15) is 5.76 Å². The predicted molar refractivity (Wildman–Crippen MR) is 100 cm³/mol. The number of nitrogens with zero attached hydrogens (tertiary/aromatic N) is 1. The van der Waals surface area contributed by atoms with Crippen molar-refractivity contribution >= 4 is 17.7 Å². The number of hydrogen-bond acceptors (Lipinski definition) is 4. The highest BCUT2D eigenvalue weighted by molar-refractivity contribution is 6.22. The van der Waals surface area contributed by atoms with Gasteiger partial charge in [-0.1, -0.05) is 26.2 Å². The van der Waals surface area contributed by atoms with Gasteiger partial charge in [0.15, 0.2) is 0 Å². The van der Waals surface area contributed by atoms with Gasteiger partial charge in [0.05, 0.1) is 23.9 Å². The normalized spacial score (nSPS) is 14.4. The lowest BCUT2D eigenvalue weighted by atomic mass is 10.0. The summed E-state index contributed by atoms with van der Waals surface area (Å²) in [4.78, 5) is 38.8. The Hall–Kier alpha value is -2.89. The monoisotopic (exact) mass is 368 g/mol. The number of furan rings is 1. The average Bonchev–Trinajstić information content (AvgIpc) is 3.25. The predicted octanol–water partition coefficient (Wildman–Crippen LogP) is 3.77. The minimum atomic E-state index is -0.406. The molecule has 142 valence electrons. The van der Waals surface area contributed by atoms with Gasteiger partial charge in [-0.15, -0.1) is 0 Å². The molecule has 6 heteroatoms. The third-order valence-electron chi connectivity index (χ3n) is 4.75. The number of carbonyl (C=O) groups excluding carboxylic acids is 3. The minimum absolute atomic E-state index is 0.0603. The zero-order valence-corrected chi connectivity index (χ0v) is 15.7. The molecule has 27 heavy (non-hydrogen) atoms. The Kier molecular flexibility index (Phi) is 5.74. The SMILES string of the molecule is CCCCCC(C)NC(=O)c1ccc2c(c1)C(=O)N(Cc1ccco1)C2=O. The van der Waals surface area contributed by atoms with Gasteiger partial charge in [-0.2, -0.15) is 0 Å². The first-order valence-electron chi connectivity index (χ1n) is 9.34. The van der Waals surface area contributed by atoms with Gasteiger partial charge in [-0.25, -0.2) is 0 Å². The van der Waals surface area contributed by atoms with E-state index in [-0.39, 0.29) is 30.0 Å². The molecule has 2 heterocycles. The van der Waals surface area contributed by atoms with Crippen molar-refractivity contribution in [2.45, 2.75) is 52.1 Å². The van der Waals surface area contributed by atoms with E-state index in [2.05, 4.69) is 12.2 Å². The molecule has 0 saturated carbocycles. The molecule has 1 aromatic heterocycles. The molecule has 0 saturated heterocycles. The molecule has 0 aliphatic carbocycles. The first kappa shape index (κ1) is 18.9. The van der Waals surface area contributed by atoms with Gasteiger partial charge in [-0.05, 0) is 43.7 Å². The van der Waals surface area contributed by atoms with E-state index in [0.717, 1.165) is 30.6 Å². The second-order valence-corrected chi connectivity index (χ2v) is 6.91. The molecule has 3 amide bonds. The minimum Gasteiger partial charge on any atom is -0.467 e. The Bertz CT molecular complexity index is 842. The van der Waals surface area contributed by atoms with E-state index in [1.165, 1.54) is 12.3 Å². The van der Waals surface area contributed by atoms with Crippen LogP contribution in [-0.4, -0.2) is 28.7 Å². The van der Waals surface area contributed by atoms with E-state index in [9.17, 15) is 14.4 Å². The summed E-state index contributed by atoms with van der Waals surface area (Å²) in [7, 11) is 0. The van der Waals surface area contributed by atoms with Crippen LogP contribution in [0.25, 0.3) is 0 Å². The van der Waals surface area contributed by atoms with Gasteiger partial charge < -0.3 is 9.73 Å². The van der Waals surface area contributed by atoms with Crippen molar-refractivity contribution in [2.75, 3.05) is 0 Å². The Morgan fingerprint density at radius 2 is 1.93 bits per heavy atom. The molecule has 0 radical (unpaired) electrons. The number of benzene rings is 1. The lowest BCUT2D eigenvalue weighted by Crippen LogP contribution is -2.32. The zero-order chi connectivity index (χ0) is 19.4. The lowest BCUT2D eigenvalue weighted by Gasteiger charge is -2.14. The fourth-order valence-electron chi connectivity index (χ4n) is 3.21. The van der Waals surface area contributed by atoms with Crippen LogP contribution in [0.1, 0.15) is 76.4 Å². The molecular weight excluding hydrogens is 344 g/mol. The summed E-state index contributed by atoms with van der Waals surface area (Å²) in [6, 6.07) is 8.12. The van der Waals surface area contributed by atoms with Crippen molar-refractivity contribution in [1.82, 2.24) is 10.2 Å². The van der Waals surface area contributed by atoms with Crippen LogP contribution in [0.4, 0.5) is 0 Å². The summed E-state index contributed by atoms with van der Waals surface area (Å²) in [5, 5.41) is 2.96. The molecule has 1 aliphatic heterocycles. The average molecular weight is 368 g/mol. The van der Waals surface area contributed by atoms with Crippen molar-refractivity contribution in [1.29, 1.82) is 0 Å². The third kappa shape index (κ3) is 4.10. The Balaban J connectivity index is 1.70. The number of unbranched alkanes of at least 4 members (excludes halogenated alkanes) is 2. The number of carbonyl (C=O) groups is 3. The van der Waals surface area contributed by atoms with Crippen LogP contribution >= 0.6 is 0 Å². The molecule has 2 aromatic rings. The third-order valence-corrected chi connectivity index (χ3v) is 4.75. The maximum Gasteiger partial charge on any atom is 0.261 e. The Morgan fingerprint density at radius 1 is 1.15 bits per heavy atom. The van der Waals surface area contributed by atoms with Gasteiger partial charge in [0, 0.05) is 11.6 Å². The second kappa shape index (κ2) is 8.20. The van der Waals surface area contributed by atoms with Gasteiger partial charge in [0.2, 0.25) is 0 Å². The van der Waals surface area contributed by atoms with E-state index in [0.29, 0.717) is 16.9 Å². The van der Waals surface area contributed by atoms with Crippen LogP contribution < -0.4 is 5.32 Å². The van der Waals surface area contributed by atoms with Crippen molar-refractivity contribution in [3.8, 4) is 0 Å². The fraction of sp³-hybridized carbons (Fsp3) is 0.381. The molecule has 1 aromatic carbocycles. The summed E-state index contributed by atoms with van der Waals surface area (Å²) < 4.78 is 5.23. The number of fused-ring (bicyclic) bond motifs is 1. The standard InChI is InChI=1S/C21H24N2O4/c1-3-4-5-7-14(2)22-19(24)15-9-10-17-18(12-15)21(26)23(20(17)25)13-16-8-6-11-27-16/h6,8-12,14H,3-5,7,13H2,1-2H3,(H,22,24). The maximum absolute atomic E-state index is 12.6. The summed E-state index contributed by atoms with van der Waals surface area (Å²) in [6.45, 7) is 4.19. The number of nitrogens with one attached hydrogen (secondary N) is 1. The van der Waals surface area contributed by atoms with Crippen LogP contribution in [-0.2, 0) is 6.54 Å². The summed E-state index contributed by atoms with van der Waals surface area (Å²) in [5.41, 5.74) is 0.967. The fourth-order valence-corrected chi connectivity index (χ4v) is 3.21. The molecule has 0 fully saturated rings. The van der Waals surface area contributed by atoms with E-state index in [1.54, 1.807) is 24.3 Å². The van der Waals surface area contributed by atoms with Crippen LogP contribution in [0, 0.1) is 0 Å². The van der Waals surface area contributed by atoms with E-state index < -0.39 is 5.91 Å². The van der Waals surface area contributed by atoms with E-state index in [1.807, 2.05) is 6.92 Å². The quantitative estimate of drug-likeness (QED) is 0.568. The first-order chi connectivity index (χ1) is 13.0. The van der Waals surface area contributed by atoms with Gasteiger partial charge in [-0.3, -0.25) is 19.3 Å². The van der Waals surface area contributed by atoms with Crippen molar-refractivity contribution in [2.24, 2.45) is 0 Å². The zero-order valence-electron chi connectivity index (χ0n) is 15.7. The first-order valence-corrected chi connectivity index (χ1v) is 9.34. The molecule has 6 nitrogen and oxygen atoms in total. The lowest BCUT2D eigenvalue weighted by molar-refractivity contribution is 0.0631. The van der Waals surface area contributed by atoms with Crippen LogP contribution in [0.5, 0.6) is 0 Å². The molecule has 0 bridgehead atoms. The largest absolute Gasteiger partial charge is 0.467 e. The number of rotatable bonds is 8. The summed E-state index contributed by atoms with van der Waals surface area (Å²) in [6.07, 6.45) is 5.75. The van der Waals surface area contributed by atoms with Crippen molar-refractivity contribution in [3.63, 3.8) is 0 Å². The van der Waals surface area contributed by atoms with Gasteiger partial charge >= 0.3 is 0 Å². The molecule has 1 atom stereocenters. The van der Waals surface area contributed by atoms with Crippen molar-refractivity contribution < 1.29 is 18.8 Å². The highest BCUT2D eigenvalue weighted by atomic mass is 16.3. The molecular formula is C21H24N2O4. The highest BCUT2D eigenvalue weighted by Gasteiger charge is 2.36. The molecule has 3 rings (SSSR count). The highest BCUT2D eigenvalue weighted by Crippen LogP contribution is 2.26. The van der Waals surface area contributed by atoms with Crippen molar-refractivity contribution in [3.05, 3.63) is 59.0 Å².